The van der Waals surface area contributed by atoms with Crippen molar-refractivity contribution in [2.75, 3.05) is 6.54 Å². The van der Waals surface area contributed by atoms with Gasteiger partial charge in [0, 0.05) is 25.1 Å². The highest BCUT2D eigenvalue weighted by Gasteiger charge is 2.30. The van der Waals surface area contributed by atoms with Crippen molar-refractivity contribution < 1.29 is 9.18 Å². The molecule has 1 fully saturated rings. The van der Waals surface area contributed by atoms with Crippen molar-refractivity contribution in [3.63, 3.8) is 0 Å². The second kappa shape index (κ2) is 8.99. The predicted molar refractivity (Wildman–Crippen MR) is 112 cm³/mol. The van der Waals surface area contributed by atoms with Crippen LogP contribution in [0.15, 0.2) is 72.8 Å². The van der Waals surface area contributed by atoms with Crippen molar-refractivity contribution in [3.05, 3.63) is 101 Å². The minimum Gasteiger partial charge on any atom is -0.334 e. The molecule has 29 heavy (non-hydrogen) atoms. The van der Waals surface area contributed by atoms with Crippen LogP contribution in [0.1, 0.15) is 47.8 Å². The first-order chi connectivity index (χ1) is 14.2. The van der Waals surface area contributed by atoms with Crippen LogP contribution in [-0.4, -0.2) is 22.3 Å². The molecule has 0 unspecified atom stereocenters. The third kappa shape index (κ3) is 4.89. The number of likely N-dealkylation sites (tertiary alicyclic amines) is 1. The summed E-state index contributed by atoms with van der Waals surface area (Å²) < 4.78 is 13.1. The number of aryl methyl sites for hydroxylation is 1. The summed E-state index contributed by atoms with van der Waals surface area (Å²) in [6, 6.07) is 22.9. The zero-order chi connectivity index (χ0) is 20.1. The fraction of sp³-hybridized carbons (Fsp3) is 0.280. The molecule has 1 atom stereocenters. The second-order valence-electron chi connectivity index (χ2n) is 7.59. The van der Waals surface area contributed by atoms with Gasteiger partial charge in [-0.3, -0.25) is 9.78 Å². The summed E-state index contributed by atoms with van der Waals surface area (Å²) in [5.74, 6) is -0.103. The van der Waals surface area contributed by atoms with Crippen LogP contribution in [0.2, 0.25) is 0 Å². The zero-order valence-corrected chi connectivity index (χ0v) is 16.4. The van der Waals surface area contributed by atoms with E-state index < -0.39 is 0 Å². The van der Waals surface area contributed by atoms with Crippen LogP contribution >= 0.6 is 0 Å². The average molecular weight is 388 g/mol. The lowest BCUT2D eigenvalue weighted by molar-refractivity contribution is -0.132. The average Bonchev–Trinajstić information content (AvgIpc) is 3.24. The minimum atomic E-state index is -0.249. The Morgan fingerprint density at radius 2 is 1.76 bits per heavy atom. The number of carbonyl (C=O) groups is 1. The van der Waals surface area contributed by atoms with Crippen molar-refractivity contribution in [1.82, 2.24) is 9.88 Å². The minimum absolute atomic E-state index is 0.0476. The molecule has 1 saturated heterocycles. The monoisotopic (exact) mass is 388 g/mol. The molecule has 0 saturated carbocycles. The lowest BCUT2D eigenvalue weighted by Crippen LogP contribution is -2.31. The smallest absolute Gasteiger partial charge is 0.223 e. The van der Waals surface area contributed by atoms with Gasteiger partial charge < -0.3 is 4.90 Å². The number of carbonyl (C=O) groups excluding carboxylic acids is 1. The van der Waals surface area contributed by atoms with Crippen molar-refractivity contribution in [1.29, 1.82) is 0 Å². The van der Waals surface area contributed by atoms with E-state index in [0.29, 0.717) is 12.8 Å². The zero-order valence-electron chi connectivity index (χ0n) is 16.4. The number of halogens is 1. The number of benzene rings is 2. The van der Waals surface area contributed by atoms with E-state index in [2.05, 4.69) is 12.1 Å². The highest BCUT2D eigenvalue weighted by Crippen LogP contribution is 2.31. The number of nitrogens with zero attached hydrogens (tertiary/aromatic N) is 2. The molecule has 2 aromatic carbocycles. The maximum atomic E-state index is 13.1. The molecule has 0 aliphatic carbocycles. The van der Waals surface area contributed by atoms with E-state index >= 15 is 0 Å². The molecular weight excluding hydrogens is 363 g/mol. The van der Waals surface area contributed by atoms with Gasteiger partial charge in [0.05, 0.1) is 11.7 Å². The van der Waals surface area contributed by atoms with E-state index in [1.54, 1.807) is 12.1 Å². The summed E-state index contributed by atoms with van der Waals surface area (Å²) in [6.45, 7) is 0.775. The second-order valence-corrected chi connectivity index (χ2v) is 7.59. The van der Waals surface area contributed by atoms with Crippen LogP contribution in [0, 0.1) is 5.82 Å². The molecule has 1 aromatic heterocycles. The molecule has 0 spiro atoms. The Kier molecular flexibility index (Phi) is 5.99. The molecule has 2 heterocycles. The number of hydrogen-bond acceptors (Lipinski definition) is 2. The first-order valence-corrected chi connectivity index (χ1v) is 10.2. The Hall–Kier alpha value is -3.01. The Labute approximate surface area is 171 Å². The van der Waals surface area contributed by atoms with Crippen molar-refractivity contribution in [2.24, 2.45) is 0 Å². The lowest BCUT2D eigenvalue weighted by Gasteiger charge is -2.25. The van der Waals surface area contributed by atoms with Crippen molar-refractivity contribution in [3.8, 4) is 0 Å². The molecule has 148 valence electrons. The Morgan fingerprint density at radius 1 is 0.966 bits per heavy atom. The Balaban J connectivity index is 1.43. The van der Waals surface area contributed by atoms with Crippen molar-refractivity contribution >= 4 is 5.91 Å². The van der Waals surface area contributed by atoms with Crippen LogP contribution in [0.5, 0.6) is 0 Å². The van der Waals surface area contributed by atoms with Gasteiger partial charge in [-0.1, -0.05) is 48.5 Å². The summed E-state index contributed by atoms with van der Waals surface area (Å²) in [4.78, 5) is 19.7. The van der Waals surface area contributed by atoms with Crippen LogP contribution in [0.25, 0.3) is 0 Å². The van der Waals surface area contributed by atoms with Crippen LogP contribution in [-0.2, 0) is 17.6 Å². The maximum Gasteiger partial charge on any atom is 0.223 e. The first kappa shape index (κ1) is 19.3. The van der Waals surface area contributed by atoms with Gasteiger partial charge in [-0.2, -0.15) is 0 Å². The van der Waals surface area contributed by atoms with Crippen LogP contribution in [0.4, 0.5) is 4.39 Å². The standard InChI is InChI=1S/C25H25FN2O/c26-21-14-11-19(12-15-21)13-16-25(29)28-17-5-10-24(28)23-9-4-8-22(27-23)18-20-6-2-1-3-7-20/h1-4,6-9,11-12,14-15,24H,5,10,13,16-18H2/t24-/m0/s1. The van der Waals surface area contributed by atoms with E-state index in [-0.39, 0.29) is 17.8 Å². The topological polar surface area (TPSA) is 33.2 Å². The van der Waals surface area contributed by atoms with E-state index in [0.717, 1.165) is 42.8 Å². The molecule has 0 bridgehead atoms. The van der Waals surface area contributed by atoms with Gasteiger partial charge in [-0.15, -0.1) is 0 Å². The van der Waals surface area contributed by atoms with Gasteiger partial charge in [0.1, 0.15) is 5.82 Å². The number of amides is 1. The van der Waals surface area contributed by atoms with Gasteiger partial charge >= 0.3 is 0 Å². The molecule has 3 nitrogen and oxygen atoms in total. The Morgan fingerprint density at radius 3 is 2.55 bits per heavy atom. The summed E-state index contributed by atoms with van der Waals surface area (Å²) in [6.07, 6.45) is 3.80. The van der Waals surface area contributed by atoms with Gasteiger partial charge in [-0.05, 0) is 54.7 Å². The highest BCUT2D eigenvalue weighted by molar-refractivity contribution is 5.77. The third-order valence-electron chi connectivity index (χ3n) is 5.51. The predicted octanol–water partition coefficient (Wildman–Crippen LogP) is 5.11. The lowest BCUT2D eigenvalue weighted by atomic mass is 10.1. The van der Waals surface area contributed by atoms with Gasteiger partial charge in [-0.25, -0.2) is 4.39 Å². The van der Waals surface area contributed by atoms with Crippen molar-refractivity contribution in [2.45, 2.75) is 38.1 Å². The van der Waals surface area contributed by atoms with Crippen LogP contribution < -0.4 is 0 Å². The van der Waals surface area contributed by atoms with Crippen LogP contribution in [0.3, 0.4) is 0 Å². The SMILES string of the molecule is O=C(CCc1ccc(F)cc1)N1CCC[C@H]1c1cccc(Cc2ccccc2)n1. The fourth-order valence-electron chi connectivity index (χ4n) is 4.01. The summed E-state index contributed by atoms with van der Waals surface area (Å²) >= 11 is 0. The quantitative estimate of drug-likeness (QED) is 0.588. The van der Waals surface area contributed by atoms with Gasteiger partial charge in [0.15, 0.2) is 0 Å². The maximum absolute atomic E-state index is 13.1. The Bertz CT molecular complexity index is 956. The molecule has 4 heteroatoms. The fourth-order valence-corrected chi connectivity index (χ4v) is 4.01. The summed E-state index contributed by atoms with van der Waals surface area (Å²) in [5.41, 5.74) is 4.22. The largest absolute Gasteiger partial charge is 0.334 e. The number of aromatic nitrogens is 1. The molecular formula is C25H25FN2O. The van der Waals surface area contributed by atoms with E-state index in [1.807, 2.05) is 41.3 Å². The summed E-state index contributed by atoms with van der Waals surface area (Å²) in [5, 5.41) is 0. The first-order valence-electron chi connectivity index (χ1n) is 10.2. The number of hydrogen-bond donors (Lipinski definition) is 0. The van der Waals surface area contributed by atoms with E-state index in [4.69, 9.17) is 4.98 Å². The molecule has 3 aromatic rings. The normalized spacial score (nSPS) is 16.2. The molecule has 1 aliphatic rings. The number of rotatable bonds is 6. The molecule has 4 rings (SSSR count). The van der Waals surface area contributed by atoms with E-state index in [1.165, 1.54) is 17.7 Å². The summed E-state index contributed by atoms with van der Waals surface area (Å²) in [7, 11) is 0. The molecule has 1 aliphatic heterocycles. The molecule has 1 amide bonds. The van der Waals surface area contributed by atoms with E-state index in [9.17, 15) is 9.18 Å². The van der Waals surface area contributed by atoms with Gasteiger partial charge in [0.2, 0.25) is 5.91 Å². The molecule has 0 radical (unpaired) electrons. The molecule has 0 N–H and O–H groups in total. The number of pyridine rings is 1. The van der Waals surface area contributed by atoms with Gasteiger partial charge in [0.25, 0.3) is 0 Å². The third-order valence-corrected chi connectivity index (χ3v) is 5.51. The highest BCUT2D eigenvalue weighted by atomic mass is 19.1.